The highest BCUT2D eigenvalue weighted by Crippen LogP contribution is 2.24. The van der Waals surface area contributed by atoms with Crippen LogP contribution in [0.3, 0.4) is 0 Å². The van der Waals surface area contributed by atoms with Crippen LogP contribution < -0.4 is 0 Å². The van der Waals surface area contributed by atoms with Crippen LogP contribution in [-0.2, 0) is 0 Å². The van der Waals surface area contributed by atoms with E-state index in [9.17, 15) is 0 Å². The van der Waals surface area contributed by atoms with E-state index >= 15 is 0 Å². The minimum absolute atomic E-state index is 0.0422. The zero-order valence-corrected chi connectivity index (χ0v) is 12.4. The fraction of sp³-hybridized carbons (Fsp3) is 1.00. The van der Waals surface area contributed by atoms with Gasteiger partial charge in [0, 0.05) is 23.6 Å². The van der Waals surface area contributed by atoms with E-state index in [1.165, 1.54) is 21.6 Å². The lowest BCUT2D eigenvalue weighted by Gasteiger charge is -2.09. The molecule has 0 aromatic rings. The largest absolute Gasteiger partial charge is 0.492 e. The fourth-order valence-corrected chi connectivity index (χ4v) is 4.84. The molecule has 0 bridgehead atoms. The van der Waals surface area contributed by atoms with E-state index in [0.29, 0.717) is 24.3 Å². The summed E-state index contributed by atoms with van der Waals surface area (Å²) in [6.07, 6.45) is 1.07. The van der Waals surface area contributed by atoms with Crippen molar-refractivity contribution in [3.8, 4) is 0 Å². The van der Waals surface area contributed by atoms with Crippen molar-refractivity contribution < 1.29 is 28.8 Å². The number of hydrogen-bond donors (Lipinski definition) is 6. The maximum absolute atomic E-state index is 8.70. The average molecular weight is 307 g/mol. The molecule has 0 atom stereocenters. The van der Waals surface area contributed by atoms with E-state index < -0.39 is 17.6 Å². The highest BCUT2D eigenvalue weighted by molar-refractivity contribution is 8.76. The van der Waals surface area contributed by atoms with Crippen LogP contribution in [0.2, 0.25) is 12.1 Å². The minimum atomic E-state index is -3.87. The summed E-state index contributed by atoms with van der Waals surface area (Å²) in [5.74, 6) is 1.39. The third kappa shape index (κ3) is 14.9. The topological polar surface area (TPSA) is 121 Å². The molecular formula is C6H18O6S2Si2. The Morgan fingerprint density at radius 2 is 0.938 bits per heavy atom. The molecule has 0 aliphatic rings. The Morgan fingerprint density at radius 3 is 1.19 bits per heavy atom. The van der Waals surface area contributed by atoms with Crippen molar-refractivity contribution in [1.82, 2.24) is 0 Å². The summed E-state index contributed by atoms with van der Waals surface area (Å²) < 4.78 is 0. The molecule has 0 unspecified atom stereocenters. The Hall–Kier alpha value is 0.894. The molecule has 0 rings (SSSR count). The second-order valence-corrected chi connectivity index (χ2v) is 10.2. The van der Waals surface area contributed by atoms with Crippen molar-refractivity contribution >= 4 is 39.2 Å². The lowest BCUT2D eigenvalue weighted by Crippen LogP contribution is -2.34. The van der Waals surface area contributed by atoms with Crippen molar-refractivity contribution in [2.75, 3.05) is 11.5 Å². The van der Waals surface area contributed by atoms with E-state index in [4.69, 9.17) is 28.8 Å². The van der Waals surface area contributed by atoms with E-state index in [2.05, 4.69) is 0 Å². The second-order valence-electron chi connectivity index (χ2n) is 3.40. The summed E-state index contributed by atoms with van der Waals surface area (Å²) in [5.41, 5.74) is 0. The van der Waals surface area contributed by atoms with Gasteiger partial charge in [0.15, 0.2) is 0 Å². The Labute approximate surface area is 104 Å². The normalized spacial score (nSPS) is 13.1. The predicted octanol–water partition coefficient (Wildman–Crippen LogP) is -1.02. The quantitative estimate of drug-likeness (QED) is 0.182. The van der Waals surface area contributed by atoms with Gasteiger partial charge in [-0.25, -0.2) is 0 Å². The second kappa shape index (κ2) is 8.08. The maximum Gasteiger partial charge on any atom is 0.492 e. The molecule has 0 aliphatic carbocycles. The van der Waals surface area contributed by atoms with Gasteiger partial charge < -0.3 is 28.8 Å². The summed E-state index contributed by atoms with van der Waals surface area (Å²) >= 11 is 0. The van der Waals surface area contributed by atoms with E-state index in [0.717, 1.165) is 0 Å². The molecule has 0 heterocycles. The van der Waals surface area contributed by atoms with Crippen molar-refractivity contribution in [2.45, 2.75) is 24.9 Å². The van der Waals surface area contributed by atoms with Gasteiger partial charge >= 0.3 is 17.6 Å². The lowest BCUT2D eigenvalue weighted by molar-refractivity contribution is 0.225. The molecule has 16 heavy (non-hydrogen) atoms. The van der Waals surface area contributed by atoms with Crippen molar-refractivity contribution in [3.63, 3.8) is 0 Å². The zero-order valence-electron chi connectivity index (χ0n) is 8.74. The third-order valence-corrected chi connectivity index (χ3v) is 6.19. The van der Waals surface area contributed by atoms with Gasteiger partial charge in [0.2, 0.25) is 0 Å². The van der Waals surface area contributed by atoms with Crippen molar-refractivity contribution in [2.24, 2.45) is 0 Å². The van der Waals surface area contributed by atoms with Gasteiger partial charge in [0.05, 0.1) is 0 Å². The van der Waals surface area contributed by atoms with Gasteiger partial charge in [0.1, 0.15) is 0 Å². The molecule has 0 aliphatic heterocycles. The summed E-state index contributed by atoms with van der Waals surface area (Å²) in [7, 11) is -4.71. The monoisotopic (exact) mass is 306 g/mol. The average Bonchev–Trinajstić information content (AvgIpc) is 2.06. The first-order valence-corrected chi connectivity index (χ1v) is 11.4. The van der Waals surface area contributed by atoms with Crippen molar-refractivity contribution in [1.29, 1.82) is 0 Å². The Balaban J connectivity index is 3.17. The summed E-state index contributed by atoms with van der Waals surface area (Å²) in [5, 5.41) is 0. The van der Waals surface area contributed by atoms with Crippen LogP contribution in [0.4, 0.5) is 0 Å². The first-order valence-electron chi connectivity index (χ1n) is 4.79. The standard InChI is InChI=1S/C6H18O6S2Si2/c7-15(8,9)5-1-3-13-14-4-2-6-16(10,11)12/h7-12H,1-6H2. The van der Waals surface area contributed by atoms with Crippen LogP contribution in [-0.4, -0.2) is 57.9 Å². The van der Waals surface area contributed by atoms with E-state index in [1.807, 2.05) is 0 Å². The smallest absolute Gasteiger partial charge is 0.390 e. The molecule has 0 amide bonds. The maximum atomic E-state index is 8.70. The molecule has 0 aromatic carbocycles. The zero-order chi connectivity index (χ0) is 12.7. The molecule has 0 aromatic heterocycles. The summed E-state index contributed by atoms with van der Waals surface area (Å²) in [6, 6.07) is 0.0843. The van der Waals surface area contributed by atoms with Gasteiger partial charge in [-0.1, -0.05) is 21.6 Å². The highest BCUT2D eigenvalue weighted by atomic mass is 33.1. The van der Waals surface area contributed by atoms with Crippen LogP contribution in [0, 0.1) is 0 Å². The van der Waals surface area contributed by atoms with E-state index in [1.54, 1.807) is 0 Å². The SMILES string of the molecule is O[Si](O)(O)CCCSSCCC[Si](O)(O)O. The molecule has 0 saturated heterocycles. The van der Waals surface area contributed by atoms with Crippen LogP contribution in [0.25, 0.3) is 0 Å². The van der Waals surface area contributed by atoms with Gasteiger partial charge in [-0.15, -0.1) is 0 Å². The Bertz CT molecular complexity index is 163. The van der Waals surface area contributed by atoms with E-state index in [-0.39, 0.29) is 12.1 Å². The molecule has 98 valence electrons. The predicted molar refractivity (Wildman–Crippen MR) is 68.6 cm³/mol. The molecular weight excluding hydrogens is 288 g/mol. The number of hydrogen-bond acceptors (Lipinski definition) is 8. The molecule has 0 fully saturated rings. The highest BCUT2D eigenvalue weighted by Gasteiger charge is 2.26. The first-order chi connectivity index (χ1) is 7.21. The summed E-state index contributed by atoms with van der Waals surface area (Å²) in [6.45, 7) is 0. The third-order valence-electron chi connectivity index (χ3n) is 1.56. The van der Waals surface area contributed by atoms with Crippen LogP contribution >= 0.6 is 21.6 Å². The fourth-order valence-electron chi connectivity index (χ4n) is 0.854. The van der Waals surface area contributed by atoms with Crippen LogP contribution in [0.15, 0.2) is 0 Å². The lowest BCUT2D eigenvalue weighted by atomic mass is 10.6. The molecule has 10 heteroatoms. The summed E-state index contributed by atoms with van der Waals surface area (Å²) in [4.78, 5) is 52.2. The first kappa shape index (κ1) is 16.9. The van der Waals surface area contributed by atoms with Gasteiger partial charge in [-0.2, -0.15) is 0 Å². The van der Waals surface area contributed by atoms with Crippen LogP contribution in [0.1, 0.15) is 12.8 Å². The Morgan fingerprint density at radius 1 is 0.625 bits per heavy atom. The van der Waals surface area contributed by atoms with Crippen LogP contribution in [0.5, 0.6) is 0 Å². The molecule has 0 radical (unpaired) electrons. The molecule has 0 saturated carbocycles. The van der Waals surface area contributed by atoms with Crippen molar-refractivity contribution in [3.05, 3.63) is 0 Å². The molecule has 6 N–H and O–H groups in total. The van der Waals surface area contributed by atoms with Gasteiger partial charge in [-0.3, -0.25) is 0 Å². The van der Waals surface area contributed by atoms with Gasteiger partial charge in [0.25, 0.3) is 0 Å². The minimum Gasteiger partial charge on any atom is -0.390 e. The number of rotatable bonds is 9. The molecule has 6 nitrogen and oxygen atoms in total. The van der Waals surface area contributed by atoms with Gasteiger partial charge in [-0.05, 0) is 12.8 Å². The molecule has 0 spiro atoms. The Kier molecular flexibility index (Phi) is 8.53.